The van der Waals surface area contributed by atoms with Gasteiger partial charge < -0.3 is 14.9 Å². The van der Waals surface area contributed by atoms with Crippen LogP contribution in [-0.2, 0) is 16.1 Å². The van der Waals surface area contributed by atoms with Gasteiger partial charge in [-0.2, -0.15) is 23.4 Å². The summed E-state index contributed by atoms with van der Waals surface area (Å²) in [7, 11) is 0. The van der Waals surface area contributed by atoms with Gasteiger partial charge in [0, 0.05) is 38.6 Å². The van der Waals surface area contributed by atoms with E-state index in [-0.39, 0.29) is 11.8 Å². The number of alkyl halides is 3. The number of amides is 2. The first-order chi connectivity index (χ1) is 15.6. The van der Waals surface area contributed by atoms with Crippen molar-refractivity contribution in [1.29, 1.82) is 0 Å². The summed E-state index contributed by atoms with van der Waals surface area (Å²) in [5.74, 6) is -2.67. The van der Waals surface area contributed by atoms with Gasteiger partial charge in [-0.15, -0.1) is 0 Å². The summed E-state index contributed by atoms with van der Waals surface area (Å²) in [6, 6.07) is 5.54. The standard InChI is InChI=1S/C19H21N5O2.C2HF3O2/c25-17(16-4-8-21-22-12-16)24-9-2-5-19(14-24)6-10-23(18(19)26)13-15-3-1-7-20-11-15;3-2(4,5)1(6)7/h1,3-4,7-8,11-12H,2,5-6,9-10,13-14H2;(H,6,7). The predicted octanol–water partition coefficient (Wildman–Crippen LogP) is 2.16. The van der Waals surface area contributed by atoms with E-state index in [0.29, 0.717) is 25.2 Å². The zero-order valence-corrected chi connectivity index (χ0v) is 17.5. The summed E-state index contributed by atoms with van der Waals surface area (Å²) in [6.45, 7) is 2.47. The van der Waals surface area contributed by atoms with Crippen LogP contribution in [0.5, 0.6) is 0 Å². The van der Waals surface area contributed by atoms with Gasteiger partial charge in [-0.05, 0) is 37.0 Å². The predicted molar refractivity (Wildman–Crippen MR) is 108 cm³/mol. The van der Waals surface area contributed by atoms with Crippen molar-refractivity contribution in [2.24, 2.45) is 5.41 Å². The Kier molecular flexibility index (Phi) is 7.24. The Labute approximate surface area is 187 Å². The maximum absolute atomic E-state index is 13.1. The lowest BCUT2D eigenvalue weighted by Gasteiger charge is -2.39. The molecule has 2 aliphatic heterocycles. The van der Waals surface area contributed by atoms with Crippen LogP contribution in [0.25, 0.3) is 0 Å². The highest BCUT2D eigenvalue weighted by Crippen LogP contribution is 2.41. The fraction of sp³-hybridized carbons (Fsp3) is 0.429. The first-order valence-corrected chi connectivity index (χ1v) is 10.2. The van der Waals surface area contributed by atoms with E-state index in [0.717, 1.165) is 31.4 Å². The van der Waals surface area contributed by atoms with E-state index in [1.54, 1.807) is 23.4 Å². The highest BCUT2D eigenvalue weighted by Gasteiger charge is 2.49. The third-order valence-electron chi connectivity index (χ3n) is 5.64. The zero-order valence-electron chi connectivity index (χ0n) is 17.5. The summed E-state index contributed by atoms with van der Waals surface area (Å²) in [4.78, 5) is 42.6. The molecular formula is C21H22F3N5O4. The Hall–Kier alpha value is -3.57. The summed E-state index contributed by atoms with van der Waals surface area (Å²) >= 11 is 0. The van der Waals surface area contributed by atoms with Crippen LogP contribution >= 0.6 is 0 Å². The maximum atomic E-state index is 13.1. The number of aliphatic carboxylic acids is 1. The van der Waals surface area contributed by atoms with Crippen molar-refractivity contribution >= 4 is 17.8 Å². The summed E-state index contributed by atoms with van der Waals surface area (Å²) in [5.41, 5.74) is 1.11. The van der Waals surface area contributed by atoms with Crippen molar-refractivity contribution in [3.63, 3.8) is 0 Å². The van der Waals surface area contributed by atoms with Crippen LogP contribution in [0.3, 0.4) is 0 Å². The maximum Gasteiger partial charge on any atom is 0.490 e. The van der Waals surface area contributed by atoms with Crippen LogP contribution in [0, 0.1) is 5.41 Å². The van der Waals surface area contributed by atoms with E-state index >= 15 is 0 Å². The number of hydrogen-bond donors (Lipinski definition) is 1. The number of nitrogens with zero attached hydrogens (tertiary/aromatic N) is 5. The first-order valence-electron chi connectivity index (χ1n) is 10.2. The molecule has 1 N–H and O–H groups in total. The minimum Gasteiger partial charge on any atom is -0.475 e. The smallest absolute Gasteiger partial charge is 0.475 e. The Morgan fingerprint density at radius 1 is 1.09 bits per heavy atom. The monoisotopic (exact) mass is 465 g/mol. The van der Waals surface area contributed by atoms with Crippen molar-refractivity contribution in [2.75, 3.05) is 19.6 Å². The zero-order chi connectivity index (χ0) is 24.1. The van der Waals surface area contributed by atoms with Crippen molar-refractivity contribution < 1.29 is 32.7 Å². The number of carbonyl (C=O) groups excluding carboxylic acids is 2. The van der Waals surface area contributed by atoms with Gasteiger partial charge in [0.2, 0.25) is 5.91 Å². The van der Waals surface area contributed by atoms with E-state index in [4.69, 9.17) is 9.90 Å². The Bertz CT molecular complexity index is 990. The fourth-order valence-electron chi connectivity index (χ4n) is 4.04. The van der Waals surface area contributed by atoms with Crippen molar-refractivity contribution in [1.82, 2.24) is 25.0 Å². The van der Waals surface area contributed by atoms with E-state index in [1.807, 2.05) is 17.0 Å². The second kappa shape index (κ2) is 9.92. The fourth-order valence-corrected chi connectivity index (χ4v) is 4.04. The van der Waals surface area contributed by atoms with E-state index in [1.165, 1.54) is 12.4 Å². The van der Waals surface area contributed by atoms with Crippen LogP contribution in [0.4, 0.5) is 13.2 Å². The Balaban J connectivity index is 0.000000383. The number of rotatable bonds is 3. The molecular weight excluding hydrogens is 443 g/mol. The van der Waals surface area contributed by atoms with Crippen LogP contribution in [-0.4, -0.2) is 73.7 Å². The molecule has 0 aliphatic carbocycles. The third kappa shape index (κ3) is 5.82. The molecule has 0 aromatic carbocycles. The number of hydrogen-bond acceptors (Lipinski definition) is 6. The normalized spacial score (nSPS) is 20.4. The number of aromatic nitrogens is 3. The number of pyridine rings is 1. The molecule has 12 heteroatoms. The third-order valence-corrected chi connectivity index (χ3v) is 5.64. The lowest BCUT2D eigenvalue weighted by Crippen LogP contribution is -2.49. The molecule has 2 fully saturated rings. The molecule has 2 aliphatic rings. The summed E-state index contributed by atoms with van der Waals surface area (Å²) in [6.07, 6.45) is 3.92. The van der Waals surface area contributed by atoms with Gasteiger partial charge in [0.05, 0.1) is 23.4 Å². The SMILES string of the molecule is O=C(O)C(F)(F)F.O=C(c1ccnnc1)N1CCCC2(CCN(Cc3cccnc3)C2=O)C1. The average Bonchev–Trinajstić information content (AvgIpc) is 3.09. The van der Waals surface area contributed by atoms with Gasteiger partial charge in [0.15, 0.2) is 0 Å². The summed E-state index contributed by atoms with van der Waals surface area (Å²) < 4.78 is 31.7. The molecule has 176 valence electrons. The van der Waals surface area contributed by atoms with Crippen LogP contribution < -0.4 is 0 Å². The highest BCUT2D eigenvalue weighted by atomic mass is 19.4. The largest absolute Gasteiger partial charge is 0.490 e. The molecule has 1 atom stereocenters. The molecule has 0 radical (unpaired) electrons. The van der Waals surface area contributed by atoms with E-state index in [2.05, 4.69) is 15.2 Å². The molecule has 0 saturated carbocycles. The minimum atomic E-state index is -5.08. The van der Waals surface area contributed by atoms with Gasteiger partial charge in [0.25, 0.3) is 5.91 Å². The van der Waals surface area contributed by atoms with Gasteiger partial charge >= 0.3 is 12.1 Å². The van der Waals surface area contributed by atoms with Gasteiger partial charge in [-0.25, -0.2) is 4.79 Å². The van der Waals surface area contributed by atoms with E-state index in [9.17, 15) is 22.8 Å². The molecule has 0 bridgehead atoms. The Morgan fingerprint density at radius 3 is 2.45 bits per heavy atom. The van der Waals surface area contributed by atoms with Crippen molar-refractivity contribution in [3.8, 4) is 0 Å². The molecule has 2 saturated heterocycles. The molecule has 2 aromatic heterocycles. The number of piperidine rings is 1. The number of likely N-dealkylation sites (tertiary alicyclic amines) is 2. The van der Waals surface area contributed by atoms with Gasteiger partial charge in [-0.1, -0.05) is 6.07 Å². The number of halogens is 3. The highest BCUT2D eigenvalue weighted by molar-refractivity contribution is 5.95. The molecule has 4 heterocycles. The lowest BCUT2D eigenvalue weighted by atomic mass is 9.78. The van der Waals surface area contributed by atoms with Crippen molar-refractivity contribution in [3.05, 3.63) is 54.1 Å². The molecule has 33 heavy (non-hydrogen) atoms. The number of carboxylic acids is 1. The molecule has 2 aromatic rings. The minimum absolute atomic E-state index is 0.0718. The van der Waals surface area contributed by atoms with Crippen LogP contribution in [0.2, 0.25) is 0 Å². The second-order valence-electron chi connectivity index (χ2n) is 7.88. The molecule has 1 unspecified atom stereocenters. The number of carbonyl (C=O) groups is 3. The molecule has 1 spiro atoms. The average molecular weight is 465 g/mol. The summed E-state index contributed by atoms with van der Waals surface area (Å²) in [5, 5.41) is 14.6. The molecule has 4 rings (SSSR count). The van der Waals surface area contributed by atoms with Crippen molar-refractivity contribution in [2.45, 2.75) is 32.0 Å². The lowest BCUT2D eigenvalue weighted by molar-refractivity contribution is -0.192. The topological polar surface area (TPSA) is 117 Å². The van der Waals surface area contributed by atoms with E-state index < -0.39 is 17.6 Å². The number of carboxylic acid groups (broad SMARTS) is 1. The first kappa shape index (κ1) is 24.1. The van der Waals surface area contributed by atoms with Crippen LogP contribution in [0.1, 0.15) is 35.2 Å². The second-order valence-corrected chi connectivity index (χ2v) is 7.88. The van der Waals surface area contributed by atoms with Crippen LogP contribution in [0.15, 0.2) is 43.0 Å². The molecule has 2 amide bonds. The quantitative estimate of drug-likeness (QED) is 0.738. The molecule has 9 nitrogen and oxygen atoms in total. The van der Waals surface area contributed by atoms with Gasteiger partial charge in [0.1, 0.15) is 0 Å². The van der Waals surface area contributed by atoms with Gasteiger partial charge in [-0.3, -0.25) is 14.6 Å². The Morgan fingerprint density at radius 2 is 1.85 bits per heavy atom.